The summed E-state index contributed by atoms with van der Waals surface area (Å²) in [7, 11) is 0. The van der Waals surface area contributed by atoms with Crippen molar-refractivity contribution in [2.45, 2.75) is 71.8 Å². The number of benzene rings is 1. The first-order valence-corrected chi connectivity index (χ1v) is 12.5. The number of urea groups is 1. The van der Waals surface area contributed by atoms with Gasteiger partial charge in [-0.25, -0.2) is 9.59 Å². The Morgan fingerprint density at radius 1 is 1.00 bits per heavy atom. The van der Waals surface area contributed by atoms with Gasteiger partial charge in [-0.2, -0.15) is 5.48 Å². The molecule has 0 aliphatic carbocycles. The van der Waals surface area contributed by atoms with Crippen LogP contribution in [0, 0.1) is 5.92 Å². The highest BCUT2D eigenvalue weighted by molar-refractivity contribution is 5.98. The van der Waals surface area contributed by atoms with Crippen LogP contribution in [0.25, 0.3) is 0 Å². The molecule has 0 fully saturated rings. The van der Waals surface area contributed by atoms with Crippen LogP contribution in [-0.4, -0.2) is 65.8 Å². The Bertz CT molecular complexity index is 978. The minimum atomic E-state index is -1.02. The van der Waals surface area contributed by atoms with E-state index in [9.17, 15) is 29.1 Å². The molecule has 0 bridgehead atoms. The highest BCUT2D eigenvalue weighted by atomic mass is 16.7. The molecular formula is C25H40N6O8. The summed E-state index contributed by atoms with van der Waals surface area (Å²) in [5.41, 5.74) is 7.43. The predicted molar refractivity (Wildman–Crippen MR) is 142 cm³/mol. The first kappa shape index (κ1) is 33.1. The summed E-state index contributed by atoms with van der Waals surface area (Å²) in [6.45, 7) is 7.87. The first-order valence-electron chi connectivity index (χ1n) is 12.5. The van der Waals surface area contributed by atoms with Gasteiger partial charge in [-0.15, -0.1) is 0 Å². The van der Waals surface area contributed by atoms with Crippen molar-refractivity contribution in [2.24, 2.45) is 11.7 Å². The van der Waals surface area contributed by atoms with Gasteiger partial charge in [-0.3, -0.25) is 19.2 Å². The molecule has 0 heterocycles. The van der Waals surface area contributed by atoms with E-state index in [-0.39, 0.29) is 25.5 Å². The Hall–Kier alpha value is -3.91. The van der Waals surface area contributed by atoms with Crippen molar-refractivity contribution >= 4 is 35.5 Å². The number of aliphatic hydroxyl groups is 1. The molecule has 14 nitrogen and oxygen atoms in total. The average Bonchev–Trinajstić information content (AvgIpc) is 2.83. The molecule has 1 aromatic rings. The molecule has 6 amide bonds. The molecule has 1 rings (SSSR count). The number of nitrogens with two attached hydrogens (primary N) is 1. The number of carbonyl (C=O) groups is 5. The lowest BCUT2D eigenvalue weighted by molar-refractivity contribution is -0.135. The van der Waals surface area contributed by atoms with E-state index in [0.717, 1.165) is 0 Å². The third kappa shape index (κ3) is 14.0. The number of carbonyl (C=O) groups excluding carboxylic acids is 5. The molecule has 218 valence electrons. The minimum Gasteiger partial charge on any atom is -0.442 e. The number of aliphatic hydroxyl groups excluding tert-OH is 1. The largest absolute Gasteiger partial charge is 0.442 e. The van der Waals surface area contributed by atoms with Gasteiger partial charge in [0.25, 0.3) is 0 Å². The van der Waals surface area contributed by atoms with E-state index in [1.54, 1.807) is 58.9 Å². The van der Waals surface area contributed by atoms with Crippen LogP contribution in [0.4, 0.5) is 15.3 Å². The molecule has 0 spiro atoms. The zero-order chi connectivity index (χ0) is 29.6. The molecule has 1 aromatic carbocycles. The Morgan fingerprint density at radius 2 is 1.64 bits per heavy atom. The molecule has 0 aliphatic heterocycles. The van der Waals surface area contributed by atoms with E-state index in [1.165, 1.54) is 0 Å². The maximum atomic E-state index is 13.1. The highest BCUT2D eigenvalue weighted by Crippen LogP contribution is 2.12. The summed E-state index contributed by atoms with van der Waals surface area (Å²) in [6.07, 6.45) is -0.388. The van der Waals surface area contributed by atoms with Crippen LogP contribution in [0.3, 0.4) is 0 Å². The molecule has 39 heavy (non-hydrogen) atoms. The molecule has 2 atom stereocenters. The van der Waals surface area contributed by atoms with Crippen molar-refractivity contribution in [1.29, 1.82) is 0 Å². The number of anilines is 1. The van der Waals surface area contributed by atoms with Gasteiger partial charge in [0.15, 0.2) is 6.61 Å². The second-order valence-electron chi connectivity index (χ2n) is 10.0. The van der Waals surface area contributed by atoms with E-state index in [1.807, 2.05) is 5.48 Å². The number of amides is 6. The van der Waals surface area contributed by atoms with Crippen LogP contribution in [-0.2, 0) is 30.6 Å². The number of nitrogens with one attached hydrogen (secondary N) is 5. The van der Waals surface area contributed by atoms with Crippen LogP contribution in [0.2, 0.25) is 0 Å². The summed E-state index contributed by atoms with van der Waals surface area (Å²) in [6, 6.07) is 3.76. The van der Waals surface area contributed by atoms with Crippen molar-refractivity contribution < 1.29 is 38.7 Å². The number of hydroxylamine groups is 1. The Labute approximate surface area is 227 Å². The molecule has 0 radical (unpaired) electrons. The zero-order valence-electron chi connectivity index (χ0n) is 23.0. The maximum Gasteiger partial charge on any atom is 0.431 e. The van der Waals surface area contributed by atoms with Crippen LogP contribution in [0.5, 0.6) is 0 Å². The Morgan fingerprint density at radius 3 is 2.18 bits per heavy atom. The summed E-state index contributed by atoms with van der Waals surface area (Å²) >= 11 is 0. The molecule has 0 aromatic heterocycles. The minimum absolute atomic E-state index is 0.149. The third-order valence-corrected chi connectivity index (χ3v) is 5.03. The van der Waals surface area contributed by atoms with Crippen molar-refractivity contribution in [2.75, 3.05) is 18.5 Å². The first-order chi connectivity index (χ1) is 18.2. The van der Waals surface area contributed by atoms with E-state index in [2.05, 4.69) is 21.3 Å². The van der Waals surface area contributed by atoms with Crippen LogP contribution in [0.1, 0.15) is 53.0 Å². The van der Waals surface area contributed by atoms with Gasteiger partial charge in [0.1, 0.15) is 17.7 Å². The molecular weight excluding hydrogens is 512 g/mol. The second-order valence-corrected chi connectivity index (χ2v) is 10.0. The van der Waals surface area contributed by atoms with Gasteiger partial charge in [0.2, 0.25) is 17.7 Å². The molecule has 14 heteroatoms. The molecule has 0 saturated carbocycles. The summed E-state index contributed by atoms with van der Waals surface area (Å²) in [4.78, 5) is 65.9. The van der Waals surface area contributed by atoms with Crippen LogP contribution >= 0.6 is 0 Å². The van der Waals surface area contributed by atoms with E-state index < -0.39 is 54.1 Å². The van der Waals surface area contributed by atoms with Gasteiger partial charge in [0, 0.05) is 12.2 Å². The van der Waals surface area contributed by atoms with Gasteiger partial charge >= 0.3 is 12.1 Å². The van der Waals surface area contributed by atoms with E-state index in [4.69, 9.17) is 15.3 Å². The van der Waals surface area contributed by atoms with E-state index in [0.29, 0.717) is 17.7 Å². The topological polar surface area (TPSA) is 210 Å². The second kappa shape index (κ2) is 16.1. The number of primary amides is 1. The van der Waals surface area contributed by atoms with Gasteiger partial charge in [-0.1, -0.05) is 26.0 Å². The van der Waals surface area contributed by atoms with Crippen molar-refractivity contribution in [3.63, 3.8) is 0 Å². The highest BCUT2D eigenvalue weighted by Gasteiger charge is 2.29. The fourth-order valence-electron chi connectivity index (χ4n) is 3.18. The fourth-order valence-corrected chi connectivity index (χ4v) is 3.18. The smallest absolute Gasteiger partial charge is 0.431 e. The molecule has 0 aliphatic rings. The monoisotopic (exact) mass is 552 g/mol. The summed E-state index contributed by atoms with van der Waals surface area (Å²) in [5.74, 6) is -2.18. The summed E-state index contributed by atoms with van der Waals surface area (Å²) < 4.78 is 5.00. The van der Waals surface area contributed by atoms with Crippen LogP contribution < -0.4 is 32.5 Å². The Balaban J connectivity index is 2.81. The van der Waals surface area contributed by atoms with Gasteiger partial charge < -0.3 is 36.8 Å². The van der Waals surface area contributed by atoms with Gasteiger partial charge in [-0.05, 0) is 57.2 Å². The number of hydrogen-bond acceptors (Lipinski definition) is 8. The standard InChI is InChI=1S/C25H40N6O8/c1-15(2)20(30-19(33)14-38-31-24(37)39-25(3,4)5)22(35)29-18(7-6-12-27-23(26)36)21(34)28-17-10-8-16(13-32)9-11-17/h8-11,15,18,20,32H,6-7,12-14H2,1-5H3,(H,28,34)(H,29,35)(H,30,33)(H,31,37)(H3,26,27,36)/t18-,20-/m0/s1. The molecule has 0 unspecified atom stereocenters. The maximum absolute atomic E-state index is 13.1. The third-order valence-electron chi connectivity index (χ3n) is 5.03. The lowest BCUT2D eigenvalue weighted by Crippen LogP contribution is -2.55. The number of ether oxygens (including phenoxy) is 1. The Kier molecular flexibility index (Phi) is 13.7. The van der Waals surface area contributed by atoms with Crippen molar-refractivity contribution in [3.8, 4) is 0 Å². The molecule has 8 N–H and O–H groups in total. The number of rotatable bonds is 14. The van der Waals surface area contributed by atoms with Crippen molar-refractivity contribution in [1.82, 2.24) is 21.4 Å². The zero-order valence-corrected chi connectivity index (χ0v) is 23.0. The lowest BCUT2D eigenvalue weighted by Gasteiger charge is -2.25. The van der Waals surface area contributed by atoms with E-state index >= 15 is 0 Å². The predicted octanol–water partition coefficient (Wildman–Crippen LogP) is 0.648. The van der Waals surface area contributed by atoms with Crippen LogP contribution in [0.15, 0.2) is 24.3 Å². The fraction of sp³-hybridized carbons (Fsp3) is 0.560. The summed E-state index contributed by atoms with van der Waals surface area (Å²) in [5, 5.41) is 19.5. The lowest BCUT2D eigenvalue weighted by atomic mass is 10.0. The normalized spacial score (nSPS) is 12.6. The average molecular weight is 553 g/mol. The van der Waals surface area contributed by atoms with Crippen molar-refractivity contribution in [3.05, 3.63) is 29.8 Å². The number of hydrogen-bond donors (Lipinski definition) is 7. The quantitative estimate of drug-likeness (QED) is 0.128. The van der Waals surface area contributed by atoms with Gasteiger partial charge in [0.05, 0.1) is 6.61 Å². The SMILES string of the molecule is CC(C)[C@H](NC(=O)CONC(=O)OC(C)(C)C)C(=O)N[C@@H](CCCNC(N)=O)C(=O)Nc1ccc(CO)cc1. The molecule has 0 saturated heterocycles.